The summed E-state index contributed by atoms with van der Waals surface area (Å²) in [6.45, 7) is 1.86. The average Bonchev–Trinajstić information content (AvgIpc) is 3.37. The summed E-state index contributed by atoms with van der Waals surface area (Å²) < 4.78 is 30.4. The van der Waals surface area contributed by atoms with Crippen LogP contribution in [-0.2, 0) is 21.9 Å². The van der Waals surface area contributed by atoms with Crippen LogP contribution >= 0.6 is 11.6 Å². The van der Waals surface area contributed by atoms with Crippen molar-refractivity contribution in [3.63, 3.8) is 0 Å². The minimum Gasteiger partial charge on any atom is -0.490 e. The van der Waals surface area contributed by atoms with E-state index in [2.05, 4.69) is 17.0 Å². The van der Waals surface area contributed by atoms with E-state index in [0.717, 1.165) is 55.7 Å². The fourth-order valence-electron chi connectivity index (χ4n) is 8.04. The molecule has 2 aromatic carbocycles. The molecule has 0 saturated heterocycles. The van der Waals surface area contributed by atoms with Crippen LogP contribution in [-0.4, -0.2) is 55.7 Å². The van der Waals surface area contributed by atoms with E-state index in [0.29, 0.717) is 38.3 Å². The Bertz CT molecular complexity index is 1510. The highest BCUT2D eigenvalue weighted by molar-refractivity contribution is 7.89. The Hall–Kier alpha value is -2.59. The molecule has 1 spiro atoms. The monoisotopic (exact) mass is 628 g/mol. The van der Waals surface area contributed by atoms with Gasteiger partial charge in [-0.15, -0.1) is 0 Å². The zero-order valence-corrected chi connectivity index (χ0v) is 25.9. The lowest BCUT2D eigenvalue weighted by Crippen LogP contribution is -2.49. The Labute approximate surface area is 258 Å². The third-order valence-electron chi connectivity index (χ3n) is 10.4. The van der Waals surface area contributed by atoms with Crippen LogP contribution in [0.15, 0.2) is 48.6 Å². The Kier molecular flexibility index (Phi) is 8.54. The molecule has 2 aromatic rings. The number of aliphatic hydroxyl groups excluding tert-OH is 1. The van der Waals surface area contributed by atoms with E-state index in [1.54, 1.807) is 18.2 Å². The summed E-state index contributed by atoms with van der Waals surface area (Å²) in [5.74, 6) is -0.0173. The molecule has 232 valence electrons. The first-order valence-corrected chi connectivity index (χ1v) is 17.4. The van der Waals surface area contributed by atoms with Crippen molar-refractivity contribution in [3.05, 3.63) is 70.3 Å². The Morgan fingerprint density at radius 1 is 1.14 bits per heavy atom. The highest BCUT2D eigenvalue weighted by Gasteiger charge is 2.44. The first-order chi connectivity index (χ1) is 20.5. The Morgan fingerprint density at radius 3 is 2.72 bits per heavy atom. The van der Waals surface area contributed by atoms with Crippen LogP contribution in [0, 0.1) is 17.8 Å². The molecule has 8 nitrogen and oxygen atoms in total. The highest BCUT2D eigenvalue weighted by atomic mass is 35.5. The first kappa shape index (κ1) is 30.4. The normalized spacial score (nSPS) is 29.4. The minimum absolute atomic E-state index is 0.00267. The molecule has 43 heavy (non-hydrogen) atoms. The second kappa shape index (κ2) is 12.1. The lowest BCUT2D eigenvalue weighted by molar-refractivity contribution is 0.0455. The van der Waals surface area contributed by atoms with Gasteiger partial charge in [-0.1, -0.05) is 36.2 Å². The summed E-state index contributed by atoms with van der Waals surface area (Å²) in [6.07, 6.45) is 10.8. The number of aryl methyl sites for hydroxylation is 1. The largest absolute Gasteiger partial charge is 0.490 e. The number of nitrogens with zero attached hydrogens (tertiary/aromatic N) is 1. The van der Waals surface area contributed by atoms with Gasteiger partial charge in [0.15, 0.2) is 0 Å². The van der Waals surface area contributed by atoms with Crippen molar-refractivity contribution in [3.8, 4) is 5.75 Å². The van der Waals surface area contributed by atoms with Gasteiger partial charge in [0.2, 0.25) is 10.0 Å². The molecule has 0 amide bonds. The van der Waals surface area contributed by atoms with Crippen LogP contribution in [0.4, 0.5) is 5.69 Å². The van der Waals surface area contributed by atoms with Crippen molar-refractivity contribution < 1.29 is 28.2 Å². The summed E-state index contributed by atoms with van der Waals surface area (Å²) in [6, 6.07) is 11.2. The quantitative estimate of drug-likeness (QED) is 0.338. The van der Waals surface area contributed by atoms with Crippen LogP contribution in [0.1, 0.15) is 72.9 Å². The molecule has 6 atom stereocenters. The molecule has 1 heterocycles. The minimum atomic E-state index is -3.56. The molecule has 10 heteroatoms. The molecule has 4 N–H and O–H groups in total. The number of hydrogen-bond acceptors (Lipinski definition) is 6. The number of carboxylic acids is 1. The van der Waals surface area contributed by atoms with Gasteiger partial charge < -0.3 is 19.8 Å². The number of primary sulfonamides is 1. The van der Waals surface area contributed by atoms with Gasteiger partial charge in [0.25, 0.3) is 0 Å². The molecular weight excluding hydrogens is 588 g/mol. The number of ether oxygens (including phenoxy) is 1. The number of carboxylic acid groups (broad SMARTS) is 1. The smallest absolute Gasteiger partial charge is 0.335 e. The number of nitrogens with two attached hydrogens (primary N) is 1. The van der Waals surface area contributed by atoms with Crippen molar-refractivity contribution in [2.24, 2.45) is 22.9 Å². The number of rotatable bonds is 8. The molecule has 6 rings (SSSR count). The van der Waals surface area contributed by atoms with E-state index in [-0.39, 0.29) is 28.7 Å². The predicted molar refractivity (Wildman–Crippen MR) is 167 cm³/mol. The first-order valence-electron chi connectivity index (χ1n) is 15.4. The van der Waals surface area contributed by atoms with Crippen molar-refractivity contribution in [1.29, 1.82) is 0 Å². The molecule has 0 aromatic heterocycles. The third kappa shape index (κ3) is 6.19. The van der Waals surface area contributed by atoms with E-state index >= 15 is 0 Å². The summed E-state index contributed by atoms with van der Waals surface area (Å²) in [5.41, 5.74) is 3.23. The second-order valence-corrected chi connectivity index (χ2v) is 15.3. The molecule has 4 aliphatic rings. The van der Waals surface area contributed by atoms with Crippen molar-refractivity contribution in [2.45, 2.75) is 74.6 Å². The van der Waals surface area contributed by atoms with Gasteiger partial charge in [0, 0.05) is 23.5 Å². The van der Waals surface area contributed by atoms with Crippen molar-refractivity contribution in [2.75, 3.05) is 24.6 Å². The molecule has 1 unspecified atom stereocenters. The Morgan fingerprint density at radius 2 is 1.98 bits per heavy atom. The number of aliphatic hydroxyl groups is 1. The zero-order chi connectivity index (χ0) is 30.4. The van der Waals surface area contributed by atoms with Gasteiger partial charge in [-0.3, -0.25) is 0 Å². The lowest BCUT2D eigenvalue weighted by Gasteiger charge is -2.45. The van der Waals surface area contributed by atoms with Gasteiger partial charge in [-0.25, -0.2) is 18.4 Å². The van der Waals surface area contributed by atoms with Crippen LogP contribution in [0.25, 0.3) is 0 Å². The number of hydrogen-bond donors (Lipinski definition) is 3. The van der Waals surface area contributed by atoms with Crippen LogP contribution < -0.4 is 14.8 Å². The van der Waals surface area contributed by atoms with Gasteiger partial charge >= 0.3 is 5.97 Å². The fourth-order valence-corrected chi connectivity index (χ4v) is 9.52. The zero-order valence-electron chi connectivity index (χ0n) is 24.3. The van der Waals surface area contributed by atoms with Gasteiger partial charge in [0.05, 0.1) is 29.2 Å². The molecule has 3 aliphatic carbocycles. The second-order valence-electron chi connectivity index (χ2n) is 13.1. The summed E-state index contributed by atoms with van der Waals surface area (Å²) in [7, 11) is -3.56. The topological polar surface area (TPSA) is 130 Å². The summed E-state index contributed by atoms with van der Waals surface area (Å²) in [5, 5.41) is 26.6. The number of allylic oxidation sites excluding steroid dienone is 1. The highest BCUT2D eigenvalue weighted by Crippen LogP contribution is 2.46. The van der Waals surface area contributed by atoms with Crippen LogP contribution in [0.5, 0.6) is 5.75 Å². The maximum absolute atomic E-state index is 12.0. The van der Waals surface area contributed by atoms with E-state index in [9.17, 15) is 23.4 Å². The van der Waals surface area contributed by atoms with Gasteiger partial charge in [0.1, 0.15) is 5.75 Å². The molecule has 2 fully saturated rings. The molecule has 2 saturated carbocycles. The molecule has 0 radical (unpaired) electrons. The number of halogens is 1. The van der Waals surface area contributed by atoms with E-state index in [1.807, 2.05) is 18.2 Å². The molecular formula is C33H41ClN2O6S. The number of aromatic carboxylic acids is 1. The Balaban J connectivity index is 1.22. The summed E-state index contributed by atoms with van der Waals surface area (Å²) in [4.78, 5) is 14.2. The number of anilines is 1. The maximum Gasteiger partial charge on any atom is 0.335 e. The number of sulfonamides is 1. The fraction of sp³-hybridized carbons (Fsp3) is 0.545. The van der Waals surface area contributed by atoms with Crippen LogP contribution in [0.2, 0.25) is 5.02 Å². The number of benzene rings is 2. The lowest BCUT2D eigenvalue weighted by atomic mass is 9.68. The summed E-state index contributed by atoms with van der Waals surface area (Å²) >= 11 is 6.37. The van der Waals surface area contributed by atoms with E-state index in [4.69, 9.17) is 21.5 Å². The third-order valence-corrected chi connectivity index (χ3v) is 12.1. The number of fused-ring (bicyclic) bond motifs is 3. The average molecular weight is 629 g/mol. The van der Waals surface area contributed by atoms with Crippen LogP contribution in [0.3, 0.4) is 0 Å². The molecule has 1 aliphatic heterocycles. The van der Waals surface area contributed by atoms with Crippen molar-refractivity contribution in [1.82, 2.24) is 0 Å². The van der Waals surface area contributed by atoms with Gasteiger partial charge in [-0.2, -0.15) is 0 Å². The van der Waals surface area contributed by atoms with Crippen molar-refractivity contribution >= 4 is 33.3 Å². The standard InChI is InChI=1S/C33H41ClN2O6S/c34-25-11-13-27-22(16-25)6-3-15-33(27)19-36(28-17-23(32(38)39)10-14-30(28)42-20-33)18-24-9-12-26(24)29(37)7-1-4-21-5-2-8-31(21)43(35,40)41/h1,7,10-11,13-14,16-17,21,24,26,29,31,37H,2-6,8-9,12,15,18-20H2,(H,38,39)(H2,35,40,41)/b7-1+/t21-,24-,26+,29?,31-,33-/m0/s1. The van der Waals surface area contributed by atoms with E-state index in [1.165, 1.54) is 11.1 Å². The molecule has 0 bridgehead atoms. The maximum atomic E-state index is 12.0. The number of carbonyl (C=O) groups is 1. The predicted octanol–water partition coefficient (Wildman–Crippen LogP) is 5.30. The van der Waals surface area contributed by atoms with E-state index < -0.39 is 27.3 Å². The SMILES string of the molecule is NS(=O)(=O)[C@H]1CCC[C@@H]1C/C=C/C(O)[C@@H]1CC[C@H]1CN1C[C@@]2(CCCc3cc(Cl)ccc32)COc2ccc(C(=O)O)cc21. The van der Waals surface area contributed by atoms with Gasteiger partial charge in [-0.05, 0) is 111 Å².